The van der Waals surface area contributed by atoms with Crippen molar-refractivity contribution in [1.29, 1.82) is 0 Å². The summed E-state index contributed by atoms with van der Waals surface area (Å²) in [7, 11) is 0. The predicted octanol–water partition coefficient (Wildman–Crippen LogP) is 2.67. The Bertz CT molecular complexity index is 238. The van der Waals surface area contributed by atoms with Gasteiger partial charge in [-0.1, -0.05) is 45.4 Å². The van der Waals surface area contributed by atoms with Gasteiger partial charge >= 0.3 is 12.1 Å². The second-order valence-electron chi connectivity index (χ2n) is 4.03. The van der Waals surface area contributed by atoms with E-state index in [2.05, 4.69) is 11.9 Å². The molecule has 0 aromatic rings. The summed E-state index contributed by atoms with van der Waals surface area (Å²) in [6, 6.07) is 0. The molecule has 0 saturated heterocycles. The lowest BCUT2D eigenvalue weighted by molar-refractivity contribution is -0.133. The van der Waals surface area contributed by atoms with Crippen LogP contribution >= 0.6 is 0 Å². The second kappa shape index (κ2) is 8.13. The quantitative estimate of drug-likeness (QED) is 0.473. The zero-order valence-corrected chi connectivity index (χ0v) is 10.0. The maximum Gasteiger partial charge on any atom is 0.392 e. The van der Waals surface area contributed by atoms with Crippen molar-refractivity contribution >= 4 is 12.1 Å². The standard InChI is InChI=1S/C12H21NO3/c1-2-3-4-5-6-7-8-9-15-12-13-10-11(14)16-12/h2-10H2,1H3. The molecule has 92 valence electrons. The molecule has 4 heteroatoms. The lowest BCUT2D eigenvalue weighted by Gasteiger charge is -2.03. The molecule has 1 rings (SSSR count). The highest BCUT2D eigenvalue weighted by atomic mass is 16.7. The van der Waals surface area contributed by atoms with Gasteiger partial charge in [-0.25, -0.2) is 9.79 Å². The van der Waals surface area contributed by atoms with Crippen LogP contribution in [0.4, 0.5) is 0 Å². The zero-order chi connectivity index (χ0) is 11.6. The van der Waals surface area contributed by atoms with Gasteiger partial charge in [0.15, 0.2) is 0 Å². The molecule has 0 N–H and O–H groups in total. The number of rotatable bonds is 8. The molecule has 0 spiro atoms. The number of nitrogens with zero attached hydrogens (tertiary/aromatic N) is 1. The van der Waals surface area contributed by atoms with Crippen molar-refractivity contribution in [3.05, 3.63) is 0 Å². The summed E-state index contributed by atoms with van der Waals surface area (Å²) in [5.41, 5.74) is 0. The van der Waals surface area contributed by atoms with Crippen molar-refractivity contribution in [3.8, 4) is 0 Å². The Balaban J connectivity index is 1.83. The fraction of sp³-hybridized carbons (Fsp3) is 0.833. The largest absolute Gasteiger partial charge is 0.450 e. The van der Waals surface area contributed by atoms with Gasteiger partial charge in [-0.3, -0.25) is 0 Å². The van der Waals surface area contributed by atoms with Crippen molar-refractivity contribution in [3.63, 3.8) is 0 Å². The minimum absolute atomic E-state index is 0.104. The molecule has 4 nitrogen and oxygen atoms in total. The Labute approximate surface area is 97.0 Å². The van der Waals surface area contributed by atoms with E-state index >= 15 is 0 Å². The maximum absolute atomic E-state index is 10.7. The molecule has 0 fully saturated rings. The first-order valence-electron chi connectivity index (χ1n) is 6.21. The topological polar surface area (TPSA) is 47.9 Å². The highest BCUT2D eigenvalue weighted by Gasteiger charge is 2.16. The molecular weight excluding hydrogens is 206 g/mol. The average Bonchev–Trinajstić information content (AvgIpc) is 2.68. The van der Waals surface area contributed by atoms with Gasteiger partial charge in [-0.05, 0) is 6.42 Å². The van der Waals surface area contributed by atoms with Gasteiger partial charge in [0, 0.05) is 0 Å². The first-order valence-corrected chi connectivity index (χ1v) is 6.21. The molecule has 0 aliphatic carbocycles. The highest BCUT2D eigenvalue weighted by molar-refractivity contribution is 5.91. The van der Waals surface area contributed by atoms with E-state index in [1.165, 1.54) is 38.5 Å². The van der Waals surface area contributed by atoms with Crippen LogP contribution in [0.5, 0.6) is 0 Å². The molecule has 0 bridgehead atoms. The van der Waals surface area contributed by atoms with Gasteiger partial charge in [0.1, 0.15) is 6.54 Å². The third-order valence-electron chi connectivity index (χ3n) is 2.51. The van der Waals surface area contributed by atoms with Gasteiger partial charge in [0.2, 0.25) is 0 Å². The first kappa shape index (κ1) is 13.0. The fourth-order valence-corrected chi connectivity index (χ4v) is 1.58. The van der Waals surface area contributed by atoms with Crippen LogP contribution in [0.2, 0.25) is 0 Å². The van der Waals surface area contributed by atoms with Gasteiger partial charge in [0.25, 0.3) is 0 Å². The Morgan fingerprint density at radius 1 is 1.19 bits per heavy atom. The van der Waals surface area contributed by atoms with Crippen LogP contribution in [0, 0.1) is 0 Å². The molecule has 0 aromatic carbocycles. The number of cyclic esters (lactones) is 1. The van der Waals surface area contributed by atoms with Crippen molar-refractivity contribution in [2.45, 2.75) is 51.9 Å². The van der Waals surface area contributed by atoms with Crippen molar-refractivity contribution in [1.82, 2.24) is 0 Å². The van der Waals surface area contributed by atoms with Crippen LogP contribution in [0.3, 0.4) is 0 Å². The average molecular weight is 227 g/mol. The smallest absolute Gasteiger partial charge is 0.392 e. The summed E-state index contributed by atoms with van der Waals surface area (Å²) in [4.78, 5) is 14.5. The normalized spacial score (nSPS) is 14.8. The van der Waals surface area contributed by atoms with Gasteiger partial charge in [-0.15, -0.1) is 0 Å². The molecular formula is C12H21NO3. The van der Waals surface area contributed by atoms with E-state index in [1.54, 1.807) is 0 Å². The van der Waals surface area contributed by atoms with E-state index in [4.69, 9.17) is 9.47 Å². The third kappa shape index (κ3) is 5.73. The molecule has 0 unspecified atom stereocenters. The predicted molar refractivity (Wildman–Crippen MR) is 62.3 cm³/mol. The number of hydrogen-bond acceptors (Lipinski definition) is 4. The number of ether oxygens (including phenoxy) is 2. The van der Waals surface area contributed by atoms with E-state index in [9.17, 15) is 4.79 Å². The Morgan fingerprint density at radius 3 is 2.50 bits per heavy atom. The van der Waals surface area contributed by atoms with Crippen LogP contribution in [-0.4, -0.2) is 25.2 Å². The number of carbonyl (C=O) groups excluding carboxylic acids is 1. The fourth-order valence-electron chi connectivity index (χ4n) is 1.58. The lowest BCUT2D eigenvalue weighted by atomic mass is 10.1. The van der Waals surface area contributed by atoms with E-state index in [-0.39, 0.29) is 18.6 Å². The molecule has 0 aromatic heterocycles. The van der Waals surface area contributed by atoms with Gasteiger partial charge < -0.3 is 9.47 Å². The molecule has 1 aliphatic heterocycles. The SMILES string of the molecule is CCCCCCCCCOC1=NCC(=O)O1. The number of aliphatic imine (C=N–C) groups is 1. The molecule has 0 radical (unpaired) electrons. The molecule has 0 saturated carbocycles. The Kier molecular flexibility index (Phi) is 6.61. The van der Waals surface area contributed by atoms with E-state index in [0.29, 0.717) is 6.61 Å². The van der Waals surface area contributed by atoms with Crippen LogP contribution in [0.1, 0.15) is 51.9 Å². The molecule has 16 heavy (non-hydrogen) atoms. The van der Waals surface area contributed by atoms with Crippen molar-refractivity contribution in [2.75, 3.05) is 13.2 Å². The summed E-state index contributed by atoms with van der Waals surface area (Å²) < 4.78 is 9.92. The second-order valence-corrected chi connectivity index (χ2v) is 4.03. The number of unbranched alkanes of at least 4 members (excludes halogenated alkanes) is 6. The molecule has 0 atom stereocenters. The first-order chi connectivity index (χ1) is 7.83. The number of esters is 1. The minimum Gasteiger partial charge on any atom is -0.450 e. The Morgan fingerprint density at radius 2 is 1.88 bits per heavy atom. The summed E-state index contributed by atoms with van der Waals surface area (Å²) >= 11 is 0. The van der Waals surface area contributed by atoms with Crippen LogP contribution in [0.15, 0.2) is 4.99 Å². The zero-order valence-electron chi connectivity index (χ0n) is 10.0. The minimum atomic E-state index is -0.324. The third-order valence-corrected chi connectivity index (χ3v) is 2.51. The van der Waals surface area contributed by atoms with Gasteiger partial charge in [0.05, 0.1) is 6.61 Å². The van der Waals surface area contributed by atoms with E-state index in [0.717, 1.165) is 6.42 Å². The van der Waals surface area contributed by atoms with Crippen LogP contribution < -0.4 is 0 Å². The molecule has 1 aliphatic rings. The maximum atomic E-state index is 10.7. The summed E-state index contributed by atoms with van der Waals surface area (Å²) in [5, 5.41) is 0. The van der Waals surface area contributed by atoms with Crippen molar-refractivity contribution < 1.29 is 14.3 Å². The van der Waals surface area contributed by atoms with Crippen LogP contribution in [-0.2, 0) is 14.3 Å². The monoisotopic (exact) mass is 227 g/mol. The van der Waals surface area contributed by atoms with Gasteiger partial charge in [-0.2, -0.15) is 0 Å². The summed E-state index contributed by atoms with van der Waals surface area (Å²) in [5.74, 6) is -0.324. The number of hydrogen-bond donors (Lipinski definition) is 0. The van der Waals surface area contributed by atoms with E-state index in [1.807, 2.05) is 0 Å². The van der Waals surface area contributed by atoms with E-state index < -0.39 is 0 Å². The summed E-state index contributed by atoms with van der Waals surface area (Å²) in [6.45, 7) is 2.92. The molecule has 0 amide bonds. The lowest BCUT2D eigenvalue weighted by Crippen LogP contribution is -2.09. The van der Waals surface area contributed by atoms with Crippen LogP contribution in [0.25, 0.3) is 0 Å². The van der Waals surface area contributed by atoms with Crippen molar-refractivity contribution in [2.24, 2.45) is 4.99 Å². The highest BCUT2D eigenvalue weighted by Crippen LogP contribution is 2.07. The Hall–Kier alpha value is -1.06. The molecule has 1 heterocycles. The summed E-state index contributed by atoms with van der Waals surface area (Å²) in [6.07, 6.45) is 8.85. The number of carbonyl (C=O) groups is 1.